The van der Waals surface area contributed by atoms with Gasteiger partial charge in [-0.25, -0.2) is 12.8 Å². The molecular formula is C30H35ClFN3O5S. The number of carbonyl (C=O) groups is 2. The number of anilines is 1. The number of benzene rings is 3. The minimum absolute atomic E-state index is 0.0511. The summed E-state index contributed by atoms with van der Waals surface area (Å²) in [7, 11) is -2.82. The summed E-state index contributed by atoms with van der Waals surface area (Å²) in [4.78, 5) is 28.5. The molecule has 8 nitrogen and oxygen atoms in total. The predicted molar refractivity (Wildman–Crippen MR) is 158 cm³/mol. The van der Waals surface area contributed by atoms with E-state index in [-0.39, 0.29) is 23.0 Å². The summed E-state index contributed by atoms with van der Waals surface area (Å²) in [5.74, 6) is -1.02. The lowest BCUT2D eigenvalue weighted by Gasteiger charge is -2.33. The molecule has 220 valence electrons. The summed E-state index contributed by atoms with van der Waals surface area (Å²) in [6, 6.07) is 16.6. The van der Waals surface area contributed by atoms with Crippen LogP contribution in [-0.2, 0) is 26.2 Å². The molecule has 0 aromatic heterocycles. The van der Waals surface area contributed by atoms with E-state index in [0.717, 1.165) is 29.3 Å². The third-order valence-corrected chi connectivity index (χ3v) is 8.56. The van der Waals surface area contributed by atoms with Crippen LogP contribution in [0.4, 0.5) is 10.1 Å². The van der Waals surface area contributed by atoms with E-state index in [1.54, 1.807) is 31.2 Å². The fraction of sp³-hybridized carbons (Fsp3) is 0.333. The van der Waals surface area contributed by atoms with E-state index in [4.69, 9.17) is 16.3 Å². The van der Waals surface area contributed by atoms with Gasteiger partial charge in [-0.05, 0) is 79.1 Å². The van der Waals surface area contributed by atoms with Crippen LogP contribution in [0, 0.1) is 5.82 Å². The van der Waals surface area contributed by atoms with E-state index in [2.05, 4.69) is 5.32 Å². The van der Waals surface area contributed by atoms with Crippen molar-refractivity contribution in [3.63, 3.8) is 0 Å². The second-order valence-electron chi connectivity index (χ2n) is 9.38. The summed E-state index contributed by atoms with van der Waals surface area (Å²) < 4.78 is 47.5. The molecule has 2 amide bonds. The molecule has 0 saturated heterocycles. The lowest BCUT2D eigenvalue weighted by molar-refractivity contribution is -0.140. The molecule has 0 aliphatic heterocycles. The highest BCUT2D eigenvalue weighted by atomic mass is 35.5. The SMILES string of the molecule is CCCCNC(=O)[C@@H](CC)N(Cc1ccc(Cl)cc1)C(=O)CN(c1ccc(F)cc1)S(=O)(=O)c1ccc(OC)cc1. The van der Waals surface area contributed by atoms with Gasteiger partial charge in [0.15, 0.2) is 0 Å². The van der Waals surface area contributed by atoms with Gasteiger partial charge in [0.05, 0.1) is 17.7 Å². The van der Waals surface area contributed by atoms with Crippen LogP contribution >= 0.6 is 11.6 Å². The molecule has 0 radical (unpaired) electrons. The van der Waals surface area contributed by atoms with Crippen LogP contribution in [0.3, 0.4) is 0 Å². The van der Waals surface area contributed by atoms with Crippen molar-refractivity contribution in [3.05, 3.63) is 89.2 Å². The average Bonchev–Trinajstić information content (AvgIpc) is 2.97. The summed E-state index contributed by atoms with van der Waals surface area (Å²) in [5.41, 5.74) is 0.816. The van der Waals surface area contributed by atoms with Crippen molar-refractivity contribution in [3.8, 4) is 5.75 Å². The minimum atomic E-state index is -4.28. The van der Waals surface area contributed by atoms with Gasteiger partial charge in [0.1, 0.15) is 24.2 Å². The Balaban J connectivity index is 2.02. The zero-order chi connectivity index (χ0) is 30.0. The van der Waals surface area contributed by atoms with E-state index < -0.39 is 34.3 Å². The predicted octanol–water partition coefficient (Wildman–Crippen LogP) is 5.41. The van der Waals surface area contributed by atoms with Crippen molar-refractivity contribution in [2.75, 3.05) is 24.5 Å². The van der Waals surface area contributed by atoms with Gasteiger partial charge in [-0.3, -0.25) is 13.9 Å². The lowest BCUT2D eigenvalue weighted by Crippen LogP contribution is -2.52. The molecule has 0 saturated carbocycles. The second kappa shape index (κ2) is 14.8. The molecule has 0 unspecified atom stereocenters. The summed E-state index contributed by atoms with van der Waals surface area (Å²) >= 11 is 6.04. The van der Waals surface area contributed by atoms with Crippen molar-refractivity contribution in [2.24, 2.45) is 0 Å². The molecule has 41 heavy (non-hydrogen) atoms. The topological polar surface area (TPSA) is 96.0 Å². The Hall–Kier alpha value is -3.63. The number of carbonyl (C=O) groups excluding carboxylic acids is 2. The van der Waals surface area contributed by atoms with Gasteiger partial charge in [0, 0.05) is 18.1 Å². The van der Waals surface area contributed by atoms with Gasteiger partial charge in [-0.15, -0.1) is 0 Å². The molecule has 3 aromatic carbocycles. The minimum Gasteiger partial charge on any atom is -0.497 e. The van der Waals surface area contributed by atoms with Crippen LogP contribution < -0.4 is 14.4 Å². The molecule has 0 aliphatic carbocycles. The Morgan fingerprint density at radius 3 is 2.17 bits per heavy atom. The molecule has 0 aliphatic rings. The number of nitrogens with one attached hydrogen (secondary N) is 1. The van der Waals surface area contributed by atoms with Crippen LogP contribution in [0.25, 0.3) is 0 Å². The van der Waals surface area contributed by atoms with E-state index in [0.29, 0.717) is 29.3 Å². The standard InChI is InChI=1S/C30H35ClFN3O5S/c1-4-6-19-33-30(37)28(5-2)34(20-22-7-9-23(31)10-8-22)29(36)21-35(25-13-11-24(32)12-14-25)41(38,39)27-17-15-26(40-3)16-18-27/h7-18,28H,4-6,19-21H2,1-3H3,(H,33,37)/t28-/m1/s1. The van der Waals surface area contributed by atoms with Gasteiger partial charge in [0.25, 0.3) is 10.0 Å². The molecule has 11 heteroatoms. The van der Waals surface area contributed by atoms with Gasteiger partial charge >= 0.3 is 0 Å². The first-order valence-electron chi connectivity index (χ1n) is 13.3. The number of halogens is 2. The van der Waals surface area contributed by atoms with E-state index in [1.165, 1.54) is 48.4 Å². The van der Waals surface area contributed by atoms with E-state index in [9.17, 15) is 22.4 Å². The van der Waals surface area contributed by atoms with Crippen LogP contribution in [0.15, 0.2) is 77.7 Å². The summed E-state index contributed by atoms with van der Waals surface area (Å²) in [6.45, 7) is 3.69. The van der Waals surface area contributed by atoms with Crippen molar-refractivity contribution in [1.29, 1.82) is 0 Å². The van der Waals surface area contributed by atoms with Crippen LogP contribution in [0.2, 0.25) is 5.02 Å². The van der Waals surface area contributed by atoms with Gasteiger partial charge in [0.2, 0.25) is 11.8 Å². The highest BCUT2D eigenvalue weighted by Crippen LogP contribution is 2.26. The second-order valence-corrected chi connectivity index (χ2v) is 11.7. The molecule has 0 heterocycles. The molecule has 0 spiro atoms. The number of unbranched alkanes of at least 4 members (excludes halogenated alkanes) is 1. The lowest BCUT2D eigenvalue weighted by atomic mass is 10.1. The van der Waals surface area contributed by atoms with E-state index in [1.807, 2.05) is 6.92 Å². The number of amides is 2. The number of hydrogen-bond acceptors (Lipinski definition) is 5. The Bertz CT molecular complexity index is 1400. The quantitative estimate of drug-likeness (QED) is 0.249. The first kappa shape index (κ1) is 31.9. The van der Waals surface area contributed by atoms with Gasteiger partial charge in [-0.2, -0.15) is 0 Å². The van der Waals surface area contributed by atoms with Crippen molar-refractivity contribution < 1.29 is 27.1 Å². The van der Waals surface area contributed by atoms with Gasteiger partial charge in [-0.1, -0.05) is 44.0 Å². The third-order valence-electron chi connectivity index (χ3n) is 6.52. The smallest absolute Gasteiger partial charge is 0.264 e. The molecule has 0 fully saturated rings. The maximum absolute atomic E-state index is 14.0. The Morgan fingerprint density at radius 1 is 0.976 bits per heavy atom. The van der Waals surface area contributed by atoms with E-state index >= 15 is 0 Å². The maximum Gasteiger partial charge on any atom is 0.264 e. The van der Waals surface area contributed by atoms with Crippen LogP contribution in [-0.4, -0.2) is 51.4 Å². The third kappa shape index (κ3) is 8.43. The highest BCUT2D eigenvalue weighted by molar-refractivity contribution is 7.92. The summed E-state index contributed by atoms with van der Waals surface area (Å²) in [6.07, 6.45) is 1.98. The zero-order valence-electron chi connectivity index (χ0n) is 23.3. The number of methoxy groups -OCH3 is 1. The number of nitrogens with zero attached hydrogens (tertiary/aromatic N) is 2. The largest absolute Gasteiger partial charge is 0.497 e. The Morgan fingerprint density at radius 2 is 1.61 bits per heavy atom. The number of rotatable bonds is 14. The fourth-order valence-corrected chi connectivity index (χ4v) is 5.76. The van der Waals surface area contributed by atoms with Crippen molar-refractivity contribution in [1.82, 2.24) is 10.2 Å². The molecule has 3 aromatic rings. The first-order valence-corrected chi connectivity index (χ1v) is 15.2. The number of ether oxygens (including phenoxy) is 1. The molecular weight excluding hydrogens is 569 g/mol. The van der Waals surface area contributed by atoms with Crippen molar-refractivity contribution in [2.45, 2.75) is 50.6 Å². The molecule has 1 N–H and O–H groups in total. The van der Waals surface area contributed by atoms with Crippen LogP contribution in [0.5, 0.6) is 5.75 Å². The Labute approximate surface area is 246 Å². The molecule has 0 bridgehead atoms. The molecule has 3 rings (SSSR count). The summed E-state index contributed by atoms with van der Waals surface area (Å²) in [5, 5.41) is 3.40. The normalized spacial score (nSPS) is 11.9. The first-order chi connectivity index (χ1) is 19.6. The van der Waals surface area contributed by atoms with Gasteiger partial charge < -0.3 is 15.0 Å². The fourth-order valence-electron chi connectivity index (χ4n) is 4.22. The Kier molecular flexibility index (Phi) is 11.5. The monoisotopic (exact) mass is 603 g/mol. The zero-order valence-corrected chi connectivity index (χ0v) is 24.9. The van der Waals surface area contributed by atoms with Crippen molar-refractivity contribution >= 4 is 39.1 Å². The van der Waals surface area contributed by atoms with Crippen LogP contribution in [0.1, 0.15) is 38.7 Å². The number of hydrogen-bond donors (Lipinski definition) is 1. The highest BCUT2D eigenvalue weighted by Gasteiger charge is 2.33. The molecule has 1 atom stereocenters. The number of sulfonamides is 1. The maximum atomic E-state index is 14.0. The average molecular weight is 604 g/mol.